The molecule has 1 N–H and O–H groups in total. The van der Waals surface area contributed by atoms with Gasteiger partial charge in [-0.1, -0.05) is 78.1 Å². The van der Waals surface area contributed by atoms with Gasteiger partial charge >= 0.3 is 0 Å². The highest BCUT2D eigenvalue weighted by atomic mass is 35.5. The van der Waals surface area contributed by atoms with Gasteiger partial charge in [0.2, 0.25) is 5.91 Å². The molecule has 3 aromatic carbocycles. The van der Waals surface area contributed by atoms with Crippen molar-refractivity contribution in [2.24, 2.45) is 0 Å². The number of hydrogen-bond donors (Lipinski definition) is 1. The first-order valence-corrected chi connectivity index (χ1v) is 13.3. The van der Waals surface area contributed by atoms with Gasteiger partial charge in [0.15, 0.2) is 6.61 Å². The van der Waals surface area contributed by atoms with E-state index in [1.54, 1.807) is 35.2 Å². The minimum Gasteiger partial charge on any atom is -0.484 e. The summed E-state index contributed by atoms with van der Waals surface area (Å²) < 4.78 is 5.88. The topological polar surface area (TPSA) is 58.6 Å². The highest BCUT2D eigenvalue weighted by Gasteiger charge is 2.30. The first-order valence-electron chi connectivity index (χ1n) is 12.1. The molecule has 3 rings (SSSR count). The Balaban J connectivity index is 1.93. The largest absolute Gasteiger partial charge is 0.484 e. The Kier molecular flexibility index (Phi) is 10.7. The Morgan fingerprint density at radius 2 is 1.59 bits per heavy atom. The lowest BCUT2D eigenvalue weighted by Gasteiger charge is -2.31. The van der Waals surface area contributed by atoms with Gasteiger partial charge < -0.3 is 15.0 Å². The number of halogens is 3. The third-order valence-corrected chi connectivity index (χ3v) is 7.26. The minimum atomic E-state index is -0.756. The zero-order chi connectivity index (χ0) is 26.9. The van der Waals surface area contributed by atoms with Crippen molar-refractivity contribution in [2.45, 2.75) is 46.2 Å². The summed E-state index contributed by atoms with van der Waals surface area (Å²) in [4.78, 5) is 28.6. The zero-order valence-corrected chi connectivity index (χ0v) is 23.5. The molecule has 0 unspecified atom stereocenters. The summed E-state index contributed by atoms with van der Waals surface area (Å²) in [6.45, 7) is 6.18. The molecule has 0 aromatic heterocycles. The Hall–Kier alpha value is -2.73. The van der Waals surface area contributed by atoms with Crippen LogP contribution in [0, 0.1) is 13.8 Å². The normalized spacial score (nSPS) is 11.6. The summed E-state index contributed by atoms with van der Waals surface area (Å²) >= 11 is 18.6. The van der Waals surface area contributed by atoms with E-state index in [0.29, 0.717) is 33.8 Å². The number of nitrogens with zero attached hydrogens (tertiary/aromatic N) is 1. The van der Waals surface area contributed by atoms with Crippen LogP contribution in [0.3, 0.4) is 0 Å². The van der Waals surface area contributed by atoms with Gasteiger partial charge in [0.1, 0.15) is 11.8 Å². The average molecular weight is 562 g/mol. The molecule has 37 heavy (non-hydrogen) atoms. The van der Waals surface area contributed by atoms with E-state index in [-0.39, 0.29) is 25.0 Å². The number of aryl methyl sites for hydroxylation is 2. The first kappa shape index (κ1) is 28.8. The van der Waals surface area contributed by atoms with Gasteiger partial charge in [0.05, 0.1) is 10.0 Å². The summed E-state index contributed by atoms with van der Waals surface area (Å²) in [5.74, 6) is -0.0153. The van der Waals surface area contributed by atoms with Gasteiger partial charge in [-0.25, -0.2) is 0 Å². The standard InChI is InChI=1S/C29H31Cl3N2O3/c1-4-12-33-29(36)26(16-21-8-6-5-7-9-21)34(17-22-10-11-24(30)25(31)15-22)27(35)18-37-23-13-19(2)28(32)20(3)14-23/h5-11,13-15,26H,4,12,16-18H2,1-3H3,(H,33,36)/t26-/m1/s1. The van der Waals surface area contributed by atoms with Crippen molar-refractivity contribution < 1.29 is 14.3 Å². The number of carbonyl (C=O) groups is 2. The fraction of sp³-hybridized carbons (Fsp3) is 0.310. The average Bonchev–Trinajstić information content (AvgIpc) is 2.89. The van der Waals surface area contributed by atoms with Crippen LogP contribution in [-0.2, 0) is 22.6 Å². The molecule has 8 heteroatoms. The molecule has 0 saturated carbocycles. The second-order valence-corrected chi connectivity index (χ2v) is 10.1. The summed E-state index contributed by atoms with van der Waals surface area (Å²) in [7, 11) is 0. The summed E-state index contributed by atoms with van der Waals surface area (Å²) in [5, 5.41) is 4.41. The number of amides is 2. The summed E-state index contributed by atoms with van der Waals surface area (Å²) in [5.41, 5.74) is 3.41. The molecule has 2 amide bonds. The fourth-order valence-corrected chi connectivity index (χ4v) is 4.40. The van der Waals surface area contributed by atoms with Crippen molar-refractivity contribution in [1.29, 1.82) is 0 Å². The van der Waals surface area contributed by atoms with Gasteiger partial charge in [-0.05, 0) is 66.8 Å². The van der Waals surface area contributed by atoms with Gasteiger partial charge in [-0.3, -0.25) is 9.59 Å². The molecule has 0 aliphatic rings. The molecule has 0 aliphatic heterocycles. The Morgan fingerprint density at radius 3 is 2.22 bits per heavy atom. The highest BCUT2D eigenvalue weighted by molar-refractivity contribution is 6.42. The molecule has 1 atom stereocenters. The number of nitrogens with one attached hydrogen (secondary N) is 1. The van der Waals surface area contributed by atoms with E-state index in [0.717, 1.165) is 28.7 Å². The fourth-order valence-electron chi connectivity index (χ4n) is 3.97. The van der Waals surface area contributed by atoms with Crippen molar-refractivity contribution in [2.75, 3.05) is 13.2 Å². The van der Waals surface area contributed by atoms with E-state index in [4.69, 9.17) is 39.5 Å². The van der Waals surface area contributed by atoms with E-state index in [9.17, 15) is 9.59 Å². The van der Waals surface area contributed by atoms with Crippen LogP contribution in [0.2, 0.25) is 15.1 Å². The molecule has 0 spiro atoms. The number of hydrogen-bond acceptors (Lipinski definition) is 3. The zero-order valence-electron chi connectivity index (χ0n) is 21.2. The molecule has 0 fully saturated rings. The molecule has 0 aliphatic carbocycles. The first-order chi connectivity index (χ1) is 17.7. The maximum atomic E-state index is 13.7. The lowest BCUT2D eigenvalue weighted by atomic mass is 10.0. The molecule has 5 nitrogen and oxygen atoms in total. The molecule has 0 radical (unpaired) electrons. The van der Waals surface area contributed by atoms with Gasteiger partial charge in [0, 0.05) is 24.5 Å². The van der Waals surface area contributed by atoms with Crippen molar-refractivity contribution in [3.63, 3.8) is 0 Å². The van der Waals surface area contributed by atoms with Crippen LogP contribution in [0.5, 0.6) is 5.75 Å². The summed E-state index contributed by atoms with van der Waals surface area (Å²) in [6, 6.07) is 17.6. The van der Waals surface area contributed by atoms with E-state index in [2.05, 4.69) is 5.32 Å². The van der Waals surface area contributed by atoms with Crippen LogP contribution >= 0.6 is 34.8 Å². The second-order valence-electron chi connectivity index (χ2n) is 8.93. The molecule has 0 bridgehead atoms. The van der Waals surface area contributed by atoms with Crippen LogP contribution < -0.4 is 10.1 Å². The molecule has 3 aromatic rings. The van der Waals surface area contributed by atoms with E-state index in [1.165, 1.54) is 0 Å². The number of carbonyl (C=O) groups excluding carboxylic acids is 2. The second kappa shape index (κ2) is 13.7. The third kappa shape index (κ3) is 8.13. The summed E-state index contributed by atoms with van der Waals surface area (Å²) in [6.07, 6.45) is 1.13. The van der Waals surface area contributed by atoms with Gasteiger partial charge in [-0.2, -0.15) is 0 Å². The lowest BCUT2D eigenvalue weighted by molar-refractivity contribution is -0.142. The third-order valence-electron chi connectivity index (χ3n) is 5.93. The SMILES string of the molecule is CCCNC(=O)[C@@H](Cc1ccccc1)N(Cc1ccc(Cl)c(Cl)c1)C(=O)COc1cc(C)c(Cl)c(C)c1. The van der Waals surface area contributed by atoms with Crippen LogP contribution in [0.4, 0.5) is 0 Å². The molecule has 0 heterocycles. The van der Waals surface area contributed by atoms with Gasteiger partial charge in [-0.15, -0.1) is 0 Å². The highest BCUT2D eigenvalue weighted by Crippen LogP contribution is 2.27. The van der Waals surface area contributed by atoms with Crippen LogP contribution in [0.25, 0.3) is 0 Å². The van der Waals surface area contributed by atoms with Crippen molar-refractivity contribution in [1.82, 2.24) is 10.2 Å². The quantitative estimate of drug-likeness (QED) is 0.280. The van der Waals surface area contributed by atoms with E-state index in [1.807, 2.05) is 51.1 Å². The minimum absolute atomic E-state index is 0.162. The van der Waals surface area contributed by atoms with Crippen molar-refractivity contribution >= 4 is 46.6 Å². The molecule has 0 saturated heterocycles. The maximum absolute atomic E-state index is 13.7. The van der Waals surface area contributed by atoms with Gasteiger partial charge in [0.25, 0.3) is 5.91 Å². The predicted octanol–water partition coefficient (Wildman–Crippen LogP) is 6.81. The number of rotatable bonds is 11. The van der Waals surface area contributed by atoms with E-state index >= 15 is 0 Å². The lowest BCUT2D eigenvalue weighted by Crippen LogP contribution is -2.51. The Bertz CT molecular complexity index is 1210. The van der Waals surface area contributed by atoms with Crippen LogP contribution in [-0.4, -0.2) is 35.9 Å². The number of benzene rings is 3. The van der Waals surface area contributed by atoms with Crippen LogP contribution in [0.15, 0.2) is 60.7 Å². The molecular weight excluding hydrogens is 531 g/mol. The predicted molar refractivity (Wildman–Crippen MR) is 151 cm³/mol. The van der Waals surface area contributed by atoms with Crippen molar-refractivity contribution in [3.8, 4) is 5.75 Å². The smallest absolute Gasteiger partial charge is 0.261 e. The Morgan fingerprint density at radius 1 is 0.919 bits per heavy atom. The molecular formula is C29H31Cl3N2O3. The molecule has 196 valence electrons. The number of ether oxygens (including phenoxy) is 1. The monoisotopic (exact) mass is 560 g/mol. The van der Waals surface area contributed by atoms with E-state index < -0.39 is 6.04 Å². The maximum Gasteiger partial charge on any atom is 0.261 e. The van der Waals surface area contributed by atoms with Crippen LogP contribution in [0.1, 0.15) is 35.6 Å². The van der Waals surface area contributed by atoms with Crippen molar-refractivity contribution in [3.05, 3.63) is 98.0 Å². The Labute approximate surface area is 233 Å².